The molecule has 1 amide bonds. The summed E-state index contributed by atoms with van der Waals surface area (Å²) in [5.41, 5.74) is 1.53. The van der Waals surface area contributed by atoms with E-state index < -0.39 is 0 Å². The van der Waals surface area contributed by atoms with Gasteiger partial charge in [0.25, 0.3) is 5.56 Å². The summed E-state index contributed by atoms with van der Waals surface area (Å²) in [5.74, 6) is 1.60. The predicted molar refractivity (Wildman–Crippen MR) is 126 cm³/mol. The van der Waals surface area contributed by atoms with Crippen molar-refractivity contribution in [3.63, 3.8) is 0 Å². The largest absolute Gasteiger partial charge is 0.491 e. The van der Waals surface area contributed by atoms with Crippen LogP contribution in [0.15, 0.2) is 29.1 Å². The van der Waals surface area contributed by atoms with Gasteiger partial charge in [0, 0.05) is 4.88 Å². The number of carbonyl (C=O) groups excluding carboxylic acids is 1. The summed E-state index contributed by atoms with van der Waals surface area (Å²) >= 11 is 2.96. The number of aryl methyl sites for hydroxylation is 2. The Kier molecular flexibility index (Phi) is 7.55. The van der Waals surface area contributed by atoms with Gasteiger partial charge in [0.15, 0.2) is 0 Å². The average molecular weight is 446 g/mol. The standard InChI is InChI=1S/C22H27N3O3S2/c1-5-6-11-28-17-10-8-7-9-16(17)23-20(26)15(4)29-12-18-24-21(27)19-13(2)14(3)30-22(19)25-18/h7-10,15H,5-6,11-12H2,1-4H3,(H,23,26)(H,24,25,27). The van der Waals surface area contributed by atoms with Crippen LogP contribution in [0.4, 0.5) is 5.69 Å². The second-order valence-electron chi connectivity index (χ2n) is 7.12. The van der Waals surface area contributed by atoms with Gasteiger partial charge >= 0.3 is 0 Å². The summed E-state index contributed by atoms with van der Waals surface area (Å²) in [6.45, 7) is 8.51. The molecular weight excluding hydrogens is 418 g/mol. The summed E-state index contributed by atoms with van der Waals surface area (Å²) in [4.78, 5) is 34.4. The number of hydrogen-bond acceptors (Lipinski definition) is 6. The molecule has 0 aliphatic heterocycles. The number of H-pyrrole nitrogens is 1. The smallest absolute Gasteiger partial charge is 0.259 e. The molecule has 3 rings (SSSR count). The molecule has 1 aromatic carbocycles. The number of ether oxygens (including phenoxy) is 1. The minimum atomic E-state index is -0.318. The highest BCUT2D eigenvalue weighted by molar-refractivity contribution is 7.99. The molecule has 2 heterocycles. The lowest BCUT2D eigenvalue weighted by molar-refractivity contribution is -0.115. The van der Waals surface area contributed by atoms with E-state index >= 15 is 0 Å². The maximum atomic E-state index is 12.7. The molecule has 8 heteroatoms. The number of rotatable bonds is 9. The molecule has 2 aromatic heterocycles. The Bertz CT molecular complexity index is 1090. The second kappa shape index (κ2) is 10.1. The summed E-state index contributed by atoms with van der Waals surface area (Å²) in [6, 6.07) is 7.46. The first-order valence-electron chi connectivity index (χ1n) is 10.0. The number of thioether (sulfide) groups is 1. The van der Waals surface area contributed by atoms with Crippen molar-refractivity contribution >= 4 is 44.9 Å². The Balaban J connectivity index is 1.63. The summed E-state index contributed by atoms with van der Waals surface area (Å²) in [5, 5.41) is 3.30. The molecular formula is C22H27N3O3S2. The zero-order valence-electron chi connectivity index (χ0n) is 17.7. The monoisotopic (exact) mass is 445 g/mol. The Morgan fingerprint density at radius 3 is 2.87 bits per heavy atom. The van der Waals surface area contributed by atoms with E-state index in [-0.39, 0.29) is 16.7 Å². The number of aromatic nitrogens is 2. The first kappa shape index (κ1) is 22.4. The number of amides is 1. The van der Waals surface area contributed by atoms with E-state index in [1.165, 1.54) is 23.1 Å². The molecule has 30 heavy (non-hydrogen) atoms. The zero-order chi connectivity index (χ0) is 21.7. The number of nitrogens with zero attached hydrogens (tertiary/aromatic N) is 1. The van der Waals surface area contributed by atoms with E-state index in [2.05, 4.69) is 22.2 Å². The number of fused-ring (bicyclic) bond motifs is 1. The number of carbonyl (C=O) groups is 1. The van der Waals surface area contributed by atoms with Gasteiger partial charge in [-0.3, -0.25) is 9.59 Å². The number of nitrogens with one attached hydrogen (secondary N) is 2. The van der Waals surface area contributed by atoms with Gasteiger partial charge in [-0.25, -0.2) is 4.98 Å². The van der Waals surface area contributed by atoms with Gasteiger partial charge in [-0.1, -0.05) is 25.5 Å². The first-order valence-corrected chi connectivity index (χ1v) is 11.9. The quantitative estimate of drug-likeness (QED) is 0.451. The molecule has 0 radical (unpaired) electrons. The molecule has 0 bridgehead atoms. The highest BCUT2D eigenvalue weighted by atomic mass is 32.2. The third-order valence-corrected chi connectivity index (χ3v) is 7.08. The van der Waals surface area contributed by atoms with Gasteiger partial charge < -0.3 is 15.0 Å². The minimum absolute atomic E-state index is 0.113. The van der Waals surface area contributed by atoms with Crippen LogP contribution in [0, 0.1) is 13.8 Å². The molecule has 6 nitrogen and oxygen atoms in total. The molecule has 0 saturated carbocycles. The molecule has 3 aromatic rings. The topological polar surface area (TPSA) is 84.1 Å². The second-order valence-corrected chi connectivity index (χ2v) is 9.65. The number of hydrogen-bond donors (Lipinski definition) is 2. The number of anilines is 1. The number of aromatic amines is 1. The highest BCUT2D eigenvalue weighted by Gasteiger charge is 2.17. The van der Waals surface area contributed by atoms with Crippen LogP contribution in [0.2, 0.25) is 0 Å². The fourth-order valence-corrected chi connectivity index (χ4v) is 4.71. The first-order chi connectivity index (χ1) is 14.4. The van der Waals surface area contributed by atoms with Crippen molar-refractivity contribution < 1.29 is 9.53 Å². The van der Waals surface area contributed by atoms with E-state index in [1.54, 1.807) is 0 Å². The number of benzene rings is 1. The minimum Gasteiger partial charge on any atom is -0.491 e. The van der Waals surface area contributed by atoms with Crippen LogP contribution in [-0.2, 0) is 10.5 Å². The summed E-state index contributed by atoms with van der Waals surface area (Å²) < 4.78 is 5.78. The van der Waals surface area contributed by atoms with Gasteiger partial charge in [-0.2, -0.15) is 0 Å². The third kappa shape index (κ3) is 5.23. The Hall–Kier alpha value is -2.32. The molecule has 1 unspecified atom stereocenters. The Morgan fingerprint density at radius 1 is 1.33 bits per heavy atom. The molecule has 0 fully saturated rings. The van der Waals surface area contributed by atoms with Crippen LogP contribution in [0.5, 0.6) is 5.75 Å². The van der Waals surface area contributed by atoms with Crippen molar-refractivity contribution in [2.75, 3.05) is 11.9 Å². The van der Waals surface area contributed by atoms with E-state index in [0.717, 1.165) is 28.1 Å². The van der Waals surface area contributed by atoms with Crippen LogP contribution >= 0.6 is 23.1 Å². The van der Waals surface area contributed by atoms with Crippen LogP contribution in [-0.4, -0.2) is 27.7 Å². The normalized spacial score (nSPS) is 12.1. The van der Waals surface area contributed by atoms with Crippen molar-refractivity contribution in [3.8, 4) is 5.75 Å². The molecule has 0 aliphatic carbocycles. The lowest BCUT2D eigenvalue weighted by Crippen LogP contribution is -2.23. The predicted octanol–water partition coefficient (Wildman–Crippen LogP) is 5.04. The molecule has 160 valence electrons. The highest BCUT2D eigenvalue weighted by Crippen LogP contribution is 2.28. The van der Waals surface area contributed by atoms with Crippen molar-refractivity contribution in [2.24, 2.45) is 0 Å². The van der Waals surface area contributed by atoms with Crippen LogP contribution in [0.1, 0.15) is 43.0 Å². The van der Waals surface area contributed by atoms with E-state index in [1.807, 2.05) is 45.0 Å². The molecule has 1 atom stereocenters. The van der Waals surface area contributed by atoms with Crippen molar-refractivity contribution in [2.45, 2.75) is 51.5 Å². The van der Waals surface area contributed by atoms with E-state index in [0.29, 0.717) is 35.0 Å². The third-order valence-electron chi connectivity index (χ3n) is 4.83. The maximum absolute atomic E-state index is 12.7. The average Bonchev–Trinajstić information content (AvgIpc) is 3.01. The van der Waals surface area contributed by atoms with E-state index in [9.17, 15) is 9.59 Å². The number of para-hydroxylation sites is 2. The van der Waals surface area contributed by atoms with Gasteiger partial charge in [0.05, 0.1) is 28.7 Å². The molecule has 0 saturated heterocycles. The lowest BCUT2D eigenvalue weighted by atomic mass is 10.2. The van der Waals surface area contributed by atoms with Crippen LogP contribution in [0.25, 0.3) is 10.2 Å². The van der Waals surface area contributed by atoms with Gasteiger partial charge in [-0.15, -0.1) is 23.1 Å². The Morgan fingerprint density at radius 2 is 2.10 bits per heavy atom. The fourth-order valence-electron chi connectivity index (χ4n) is 2.90. The van der Waals surface area contributed by atoms with Crippen molar-refractivity contribution in [1.29, 1.82) is 0 Å². The van der Waals surface area contributed by atoms with Crippen molar-refractivity contribution in [3.05, 3.63) is 50.9 Å². The van der Waals surface area contributed by atoms with Crippen LogP contribution in [0.3, 0.4) is 0 Å². The maximum Gasteiger partial charge on any atom is 0.259 e. The van der Waals surface area contributed by atoms with Gasteiger partial charge in [-0.05, 0) is 44.9 Å². The van der Waals surface area contributed by atoms with Gasteiger partial charge in [0.2, 0.25) is 5.91 Å². The van der Waals surface area contributed by atoms with Crippen molar-refractivity contribution in [1.82, 2.24) is 9.97 Å². The summed E-state index contributed by atoms with van der Waals surface area (Å²) in [6.07, 6.45) is 2.02. The lowest BCUT2D eigenvalue weighted by Gasteiger charge is -2.15. The summed E-state index contributed by atoms with van der Waals surface area (Å²) in [7, 11) is 0. The number of unbranched alkanes of at least 4 members (excludes halogenated alkanes) is 1. The van der Waals surface area contributed by atoms with E-state index in [4.69, 9.17) is 4.74 Å². The Labute approximate surface area is 184 Å². The van der Waals surface area contributed by atoms with Crippen LogP contribution < -0.4 is 15.6 Å². The molecule has 2 N–H and O–H groups in total. The number of thiophene rings is 1. The molecule has 0 spiro atoms. The SMILES string of the molecule is CCCCOc1ccccc1NC(=O)C(C)SCc1nc2sc(C)c(C)c2c(=O)[nH]1. The molecule has 0 aliphatic rings. The zero-order valence-corrected chi connectivity index (χ0v) is 19.3. The van der Waals surface area contributed by atoms with Gasteiger partial charge in [0.1, 0.15) is 16.4 Å². The fraction of sp³-hybridized carbons (Fsp3) is 0.409.